The van der Waals surface area contributed by atoms with Gasteiger partial charge in [-0.15, -0.1) is 0 Å². The van der Waals surface area contributed by atoms with Crippen molar-refractivity contribution in [2.24, 2.45) is 15.7 Å². The first-order valence-electron chi connectivity index (χ1n) is 6.88. The number of rotatable bonds is 8. The molecular formula is C15H27N5O. The van der Waals surface area contributed by atoms with Crippen LogP contribution in [0, 0.1) is 0 Å². The number of aliphatic imine (C=N–C) groups is 2. The van der Waals surface area contributed by atoms with Gasteiger partial charge in [-0.25, -0.2) is 4.99 Å². The molecule has 0 spiro atoms. The molecule has 0 aromatic rings. The number of guanidine groups is 1. The van der Waals surface area contributed by atoms with Gasteiger partial charge in [0.2, 0.25) is 5.96 Å². The molecule has 0 amide bonds. The Balaban J connectivity index is 5.02. The molecule has 0 rings (SSSR count). The van der Waals surface area contributed by atoms with Gasteiger partial charge in [-0.2, -0.15) is 0 Å². The maximum Gasteiger partial charge on any atom is 0.202 e. The predicted molar refractivity (Wildman–Crippen MR) is 90.2 cm³/mol. The van der Waals surface area contributed by atoms with Gasteiger partial charge in [0.05, 0.1) is 0 Å². The van der Waals surface area contributed by atoms with Crippen molar-refractivity contribution < 1.29 is 5.11 Å². The molecule has 0 radical (unpaired) electrons. The van der Waals surface area contributed by atoms with E-state index in [1.54, 1.807) is 36.6 Å². The van der Waals surface area contributed by atoms with Crippen LogP contribution in [0.1, 0.15) is 13.3 Å². The Bertz CT molecular complexity index is 412. The summed E-state index contributed by atoms with van der Waals surface area (Å²) in [6.45, 7) is 6.86. The second-order valence-electron chi connectivity index (χ2n) is 4.39. The SMILES string of the molecule is C=CC(/C=C/N=C(\N(C)CO)N(C)CCCN)=C\N=C\C. The van der Waals surface area contributed by atoms with Crippen molar-refractivity contribution in [1.82, 2.24) is 9.80 Å². The number of nitrogens with zero attached hydrogens (tertiary/aromatic N) is 4. The predicted octanol–water partition coefficient (Wildman–Crippen LogP) is 1.18. The number of hydrogen-bond acceptors (Lipinski definition) is 4. The Morgan fingerprint density at radius 1 is 1.33 bits per heavy atom. The molecule has 0 aliphatic heterocycles. The average molecular weight is 293 g/mol. The van der Waals surface area contributed by atoms with Crippen molar-refractivity contribution in [1.29, 1.82) is 0 Å². The van der Waals surface area contributed by atoms with Crippen LogP contribution in [0.2, 0.25) is 0 Å². The summed E-state index contributed by atoms with van der Waals surface area (Å²) >= 11 is 0. The normalized spacial score (nSPS) is 13.2. The molecular weight excluding hydrogens is 266 g/mol. The summed E-state index contributed by atoms with van der Waals surface area (Å²) in [6, 6.07) is 0. The number of nitrogens with two attached hydrogens (primary N) is 1. The van der Waals surface area contributed by atoms with Crippen molar-refractivity contribution in [3.63, 3.8) is 0 Å². The summed E-state index contributed by atoms with van der Waals surface area (Å²) in [4.78, 5) is 12.0. The van der Waals surface area contributed by atoms with Crippen LogP contribution in [0.15, 0.2) is 46.7 Å². The van der Waals surface area contributed by atoms with Crippen molar-refractivity contribution in [3.05, 3.63) is 36.7 Å². The summed E-state index contributed by atoms with van der Waals surface area (Å²) in [5.41, 5.74) is 6.37. The summed E-state index contributed by atoms with van der Waals surface area (Å²) in [5, 5.41) is 9.27. The second kappa shape index (κ2) is 11.9. The summed E-state index contributed by atoms with van der Waals surface area (Å²) in [7, 11) is 3.69. The third kappa shape index (κ3) is 8.06. The second-order valence-corrected chi connectivity index (χ2v) is 4.39. The van der Waals surface area contributed by atoms with E-state index in [2.05, 4.69) is 16.6 Å². The Morgan fingerprint density at radius 3 is 2.57 bits per heavy atom. The van der Waals surface area contributed by atoms with Crippen molar-refractivity contribution >= 4 is 12.2 Å². The van der Waals surface area contributed by atoms with E-state index in [9.17, 15) is 5.11 Å². The summed E-state index contributed by atoms with van der Waals surface area (Å²) < 4.78 is 0. The molecule has 0 unspecified atom stereocenters. The fraction of sp³-hybridized carbons (Fsp3) is 0.467. The highest BCUT2D eigenvalue weighted by atomic mass is 16.3. The summed E-state index contributed by atoms with van der Waals surface area (Å²) in [6.07, 6.45) is 9.44. The van der Waals surface area contributed by atoms with E-state index in [0.717, 1.165) is 18.5 Å². The maximum absolute atomic E-state index is 9.27. The monoisotopic (exact) mass is 293 g/mol. The fourth-order valence-corrected chi connectivity index (χ4v) is 1.49. The van der Waals surface area contributed by atoms with Gasteiger partial charge in [-0.05, 0) is 31.5 Å². The van der Waals surface area contributed by atoms with Crippen LogP contribution >= 0.6 is 0 Å². The molecule has 0 saturated carbocycles. The van der Waals surface area contributed by atoms with Gasteiger partial charge in [-0.3, -0.25) is 4.99 Å². The van der Waals surface area contributed by atoms with Crippen LogP contribution in [-0.4, -0.2) is 61.0 Å². The zero-order valence-electron chi connectivity index (χ0n) is 13.2. The van der Waals surface area contributed by atoms with Crippen molar-refractivity contribution in [2.45, 2.75) is 13.3 Å². The molecule has 118 valence electrons. The Kier molecular flexibility index (Phi) is 10.8. The highest BCUT2D eigenvalue weighted by molar-refractivity contribution is 5.80. The molecule has 0 aliphatic carbocycles. The van der Waals surface area contributed by atoms with E-state index < -0.39 is 0 Å². The first-order valence-corrected chi connectivity index (χ1v) is 6.88. The highest BCUT2D eigenvalue weighted by Gasteiger charge is 2.09. The smallest absolute Gasteiger partial charge is 0.202 e. The van der Waals surface area contributed by atoms with E-state index in [4.69, 9.17) is 5.73 Å². The number of aliphatic hydroxyl groups is 1. The Morgan fingerprint density at radius 2 is 2.05 bits per heavy atom. The molecule has 3 N–H and O–H groups in total. The fourth-order valence-electron chi connectivity index (χ4n) is 1.49. The van der Waals surface area contributed by atoms with E-state index in [0.29, 0.717) is 12.5 Å². The van der Waals surface area contributed by atoms with Gasteiger partial charge >= 0.3 is 0 Å². The minimum Gasteiger partial charge on any atom is -0.376 e. The molecule has 6 nitrogen and oxygen atoms in total. The van der Waals surface area contributed by atoms with Crippen LogP contribution in [0.3, 0.4) is 0 Å². The highest BCUT2D eigenvalue weighted by Crippen LogP contribution is 2.01. The van der Waals surface area contributed by atoms with Crippen LogP contribution in [0.25, 0.3) is 0 Å². The van der Waals surface area contributed by atoms with Crippen LogP contribution in [0.4, 0.5) is 0 Å². The Labute approximate surface area is 127 Å². The van der Waals surface area contributed by atoms with Gasteiger partial charge in [0.1, 0.15) is 6.73 Å². The quantitative estimate of drug-likeness (QED) is 0.305. The van der Waals surface area contributed by atoms with E-state index >= 15 is 0 Å². The first-order chi connectivity index (χ1) is 10.1. The Hall–Kier alpha value is -1.92. The molecule has 0 atom stereocenters. The van der Waals surface area contributed by atoms with Crippen LogP contribution in [-0.2, 0) is 0 Å². The largest absolute Gasteiger partial charge is 0.376 e. The van der Waals surface area contributed by atoms with Gasteiger partial charge in [0.15, 0.2) is 0 Å². The van der Waals surface area contributed by atoms with E-state index in [-0.39, 0.29) is 6.73 Å². The summed E-state index contributed by atoms with van der Waals surface area (Å²) in [5.74, 6) is 0.671. The standard InChI is InChI=1S/C15H27N5O/c1-5-14(12-17-6-2)8-10-18-15(20(4)13-21)19(3)11-7-9-16/h5-6,8,10,12,21H,1,7,9,11,13,16H2,2-4H3/b10-8+,14-12+,17-6+,18-15-. The minimum absolute atomic E-state index is 0.107. The number of allylic oxidation sites excluding steroid dienone is 3. The van der Waals surface area contributed by atoms with Gasteiger partial charge in [-0.1, -0.05) is 12.7 Å². The molecule has 0 bridgehead atoms. The van der Waals surface area contributed by atoms with Crippen LogP contribution in [0.5, 0.6) is 0 Å². The molecule has 0 heterocycles. The number of aliphatic hydroxyl groups excluding tert-OH is 1. The molecule has 0 aromatic heterocycles. The van der Waals surface area contributed by atoms with E-state index in [1.807, 2.05) is 24.9 Å². The zero-order chi connectivity index (χ0) is 16.1. The third-order valence-corrected chi connectivity index (χ3v) is 2.66. The number of hydrogen-bond donors (Lipinski definition) is 2. The van der Waals surface area contributed by atoms with Crippen molar-refractivity contribution in [3.8, 4) is 0 Å². The lowest BCUT2D eigenvalue weighted by Crippen LogP contribution is -2.41. The average Bonchev–Trinajstić information content (AvgIpc) is 2.51. The molecule has 0 saturated heterocycles. The maximum atomic E-state index is 9.27. The topological polar surface area (TPSA) is 77.5 Å². The molecule has 0 fully saturated rings. The third-order valence-electron chi connectivity index (χ3n) is 2.66. The molecule has 0 aromatic carbocycles. The lowest BCUT2D eigenvalue weighted by atomic mass is 10.3. The first kappa shape index (κ1) is 19.1. The molecule has 6 heteroatoms. The minimum atomic E-state index is -0.107. The lowest BCUT2D eigenvalue weighted by molar-refractivity contribution is 0.178. The molecule has 0 aliphatic rings. The van der Waals surface area contributed by atoms with Gasteiger partial charge in [0, 0.05) is 39.3 Å². The van der Waals surface area contributed by atoms with E-state index in [1.165, 1.54) is 0 Å². The molecule has 21 heavy (non-hydrogen) atoms. The lowest BCUT2D eigenvalue weighted by Gasteiger charge is -2.27. The van der Waals surface area contributed by atoms with Crippen molar-refractivity contribution in [2.75, 3.05) is 33.9 Å². The van der Waals surface area contributed by atoms with Crippen LogP contribution < -0.4 is 5.73 Å². The van der Waals surface area contributed by atoms with Gasteiger partial charge in [0.25, 0.3) is 0 Å². The van der Waals surface area contributed by atoms with Gasteiger partial charge < -0.3 is 20.6 Å². The zero-order valence-corrected chi connectivity index (χ0v) is 13.2.